The van der Waals surface area contributed by atoms with E-state index in [1.165, 1.54) is 11.1 Å². The molecule has 1 aromatic rings. The summed E-state index contributed by atoms with van der Waals surface area (Å²) in [5.41, 5.74) is 2.69. The van der Waals surface area contributed by atoms with Gasteiger partial charge in [0.05, 0.1) is 19.4 Å². The monoisotopic (exact) mass is 292 g/mol. The van der Waals surface area contributed by atoms with E-state index in [9.17, 15) is 0 Å². The smallest absolute Gasteiger partial charge is 0.122 e. The van der Waals surface area contributed by atoms with Gasteiger partial charge in [-0.2, -0.15) is 0 Å². The van der Waals surface area contributed by atoms with Crippen LogP contribution in [0.4, 0.5) is 0 Å². The van der Waals surface area contributed by atoms with E-state index in [0.29, 0.717) is 5.92 Å². The summed E-state index contributed by atoms with van der Waals surface area (Å²) >= 11 is 0. The van der Waals surface area contributed by atoms with E-state index in [4.69, 9.17) is 9.15 Å². The van der Waals surface area contributed by atoms with Gasteiger partial charge in [-0.05, 0) is 30.5 Å². The van der Waals surface area contributed by atoms with Crippen LogP contribution >= 0.6 is 0 Å². The maximum absolute atomic E-state index is 5.67. The van der Waals surface area contributed by atoms with Crippen molar-refractivity contribution >= 4 is 0 Å². The lowest BCUT2D eigenvalue weighted by Crippen LogP contribution is -2.29. The van der Waals surface area contributed by atoms with E-state index < -0.39 is 0 Å². The highest BCUT2D eigenvalue weighted by Crippen LogP contribution is 2.17. The van der Waals surface area contributed by atoms with Crippen LogP contribution in [0.2, 0.25) is 0 Å². The number of hydrogen-bond donors (Lipinski definition) is 1. The van der Waals surface area contributed by atoms with Gasteiger partial charge in [0.25, 0.3) is 0 Å². The molecule has 21 heavy (non-hydrogen) atoms. The Bertz CT molecular complexity index is 451. The Labute approximate surface area is 128 Å². The summed E-state index contributed by atoms with van der Waals surface area (Å²) in [6.07, 6.45) is 5.18. The fraction of sp³-hybridized carbons (Fsp3) is 0.647. The molecule has 1 aromatic heterocycles. The molecule has 4 heteroatoms. The minimum Gasteiger partial charge on any atom is -0.468 e. The molecule has 4 nitrogen and oxygen atoms in total. The molecule has 0 atom stereocenters. The molecule has 0 spiro atoms. The first kappa shape index (κ1) is 16.3. The van der Waals surface area contributed by atoms with E-state index in [1.807, 2.05) is 0 Å². The molecule has 0 unspecified atom stereocenters. The largest absolute Gasteiger partial charge is 0.468 e. The molecule has 0 aromatic carbocycles. The summed E-state index contributed by atoms with van der Waals surface area (Å²) in [7, 11) is 1.76. The first-order valence-corrected chi connectivity index (χ1v) is 7.84. The van der Waals surface area contributed by atoms with E-state index in [0.717, 1.165) is 51.5 Å². The quantitative estimate of drug-likeness (QED) is 0.748. The highest BCUT2D eigenvalue weighted by molar-refractivity contribution is 5.17. The van der Waals surface area contributed by atoms with Crippen LogP contribution in [0.25, 0.3) is 0 Å². The molecule has 118 valence electrons. The molecule has 0 fully saturated rings. The van der Waals surface area contributed by atoms with Gasteiger partial charge in [0.15, 0.2) is 0 Å². The van der Waals surface area contributed by atoms with Crippen molar-refractivity contribution in [1.29, 1.82) is 0 Å². The molecule has 0 bridgehead atoms. The van der Waals surface area contributed by atoms with Gasteiger partial charge in [-0.1, -0.05) is 19.9 Å². The Morgan fingerprint density at radius 2 is 2.29 bits per heavy atom. The second-order valence-electron chi connectivity index (χ2n) is 6.17. The SMILES string of the molecule is COCC1=CCN(Cc2occc2CNCC(C)C)CC1. The molecular weight excluding hydrogens is 264 g/mol. The zero-order chi connectivity index (χ0) is 15.1. The van der Waals surface area contributed by atoms with Crippen LogP contribution in [-0.2, 0) is 17.8 Å². The maximum Gasteiger partial charge on any atom is 0.122 e. The second kappa shape index (κ2) is 8.37. The minimum absolute atomic E-state index is 0.673. The molecular formula is C17H28N2O2. The first-order chi connectivity index (χ1) is 10.2. The molecule has 1 N–H and O–H groups in total. The lowest BCUT2D eigenvalue weighted by atomic mass is 10.1. The number of methoxy groups -OCH3 is 1. The number of furan rings is 1. The van der Waals surface area contributed by atoms with E-state index in [1.54, 1.807) is 13.4 Å². The number of nitrogens with one attached hydrogen (secondary N) is 1. The molecule has 2 rings (SSSR count). The van der Waals surface area contributed by atoms with Crippen molar-refractivity contribution < 1.29 is 9.15 Å². The van der Waals surface area contributed by atoms with Crippen molar-refractivity contribution in [2.75, 3.05) is 33.4 Å². The van der Waals surface area contributed by atoms with Crippen LogP contribution in [0.15, 0.2) is 28.4 Å². The lowest BCUT2D eigenvalue weighted by Gasteiger charge is -2.25. The molecule has 0 radical (unpaired) electrons. The van der Waals surface area contributed by atoms with Gasteiger partial charge >= 0.3 is 0 Å². The van der Waals surface area contributed by atoms with Crippen molar-refractivity contribution in [1.82, 2.24) is 10.2 Å². The average molecular weight is 292 g/mol. The normalized spacial score (nSPS) is 16.5. The summed E-state index contributed by atoms with van der Waals surface area (Å²) in [6.45, 7) is 10.1. The zero-order valence-electron chi connectivity index (χ0n) is 13.5. The third kappa shape index (κ3) is 5.30. The van der Waals surface area contributed by atoms with Gasteiger partial charge < -0.3 is 14.5 Å². The average Bonchev–Trinajstić information content (AvgIpc) is 2.88. The Morgan fingerprint density at radius 1 is 1.43 bits per heavy atom. The van der Waals surface area contributed by atoms with Crippen LogP contribution in [0.3, 0.4) is 0 Å². The summed E-state index contributed by atoms with van der Waals surface area (Å²) in [6, 6.07) is 2.08. The van der Waals surface area contributed by atoms with Gasteiger partial charge in [0, 0.05) is 32.3 Å². The molecule has 0 aliphatic carbocycles. The van der Waals surface area contributed by atoms with E-state index >= 15 is 0 Å². The Morgan fingerprint density at radius 3 is 2.95 bits per heavy atom. The van der Waals surface area contributed by atoms with Crippen molar-refractivity contribution in [3.05, 3.63) is 35.3 Å². The number of ether oxygens (including phenoxy) is 1. The molecule has 1 aliphatic rings. The molecule has 0 amide bonds. The third-order valence-electron chi connectivity index (χ3n) is 3.79. The van der Waals surface area contributed by atoms with Crippen LogP contribution in [0.5, 0.6) is 0 Å². The predicted molar refractivity (Wildman–Crippen MR) is 85.1 cm³/mol. The summed E-state index contributed by atoms with van der Waals surface area (Å²) in [5, 5.41) is 3.48. The molecule has 2 heterocycles. The minimum atomic E-state index is 0.673. The van der Waals surface area contributed by atoms with Crippen LogP contribution in [0.1, 0.15) is 31.6 Å². The number of rotatable bonds is 8. The van der Waals surface area contributed by atoms with E-state index in [-0.39, 0.29) is 0 Å². The summed E-state index contributed by atoms with van der Waals surface area (Å²) < 4.78 is 10.9. The molecule has 0 saturated heterocycles. The molecule has 0 saturated carbocycles. The molecule has 1 aliphatic heterocycles. The van der Waals surface area contributed by atoms with Crippen LogP contribution in [0, 0.1) is 5.92 Å². The fourth-order valence-corrected chi connectivity index (χ4v) is 2.58. The Balaban J connectivity index is 1.82. The number of nitrogens with zero attached hydrogens (tertiary/aromatic N) is 1. The second-order valence-corrected chi connectivity index (χ2v) is 6.17. The Kier molecular flexibility index (Phi) is 6.49. The van der Waals surface area contributed by atoms with Gasteiger partial charge in [0.2, 0.25) is 0 Å². The zero-order valence-corrected chi connectivity index (χ0v) is 13.5. The standard InChI is InChI=1S/C17H28N2O2/c1-14(2)10-18-11-16-6-9-21-17(16)12-19-7-4-15(5-8-19)13-20-3/h4,6,9,14,18H,5,7-8,10-13H2,1-3H3. The highest BCUT2D eigenvalue weighted by Gasteiger charge is 2.15. The first-order valence-electron chi connectivity index (χ1n) is 7.84. The topological polar surface area (TPSA) is 37.6 Å². The van der Waals surface area contributed by atoms with Crippen molar-refractivity contribution in [2.45, 2.75) is 33.4 Å². The van der Waals surface area contributed by atoms with Crippen LogP contribution < -0.4 is 5.32 Å². The number of hydrogen-bond acceptors (Lipinski definition) is 4. The maximum atomic E-state index is 5.67. The predicted octanol–water partition coefficient (Wildman–Crippen LogP) is 2.80. The fourth-order valence-electron chi connectivity index (χ4n) is 2.58. The summed E-state index contributed by atoms with van der Waals surface area (Å²) in [4.78, 5) is 2.42. The Hall–Kier alpha value is -1.10. The third-order valence-corrected chi connectivity index (χ3v) is 3.79. The van der Waals surface area contributed by atoms with Gasteiger partial charge in [-0.25, -0.2) is 0 Å². The van der Waals surface area contributed by atoms with Crippen LogP contribution in [-0.4, -0.2) is 38.3 Å². The van der Waals surface area contributed by atoms with Crippen molar-refractivity contribution in [3.63, 3.8) is 0 Å². The van der Waals surface area contributed by atoms with Crippen molar-refractivity contribution in [2.24, 2.45) is 5.92 Å². The van der Waals surface area contributed by atoms with Gasteiger partial charge in [-0.15, -0.1) is 0 Å². The highest BCUT2D eigenvalue weighted by atomic mass is 16.5. The van der Waals surface area contributed by atoms with E-state index in [2.05, 4.69) is 36.2 Å². The van der Waals surface area contributed by atoms with Crippen molar-refractivity contribution in [3.8, 4) is 0 Å². The van der Waals surface area contributed by atoms with Gasteiger partial charge in [0.1, 0.15) is 5.76 Å². The lowest BCUT2D eigenvalue weighted by molar-refractivity contribution is 0.206. The summed E-state index contributed by atoms with van der Waals surface area (Å²) in [5.74, 6) is 1.77. The van der Waals surface area contributed by atoms with Gasteiger partial charge in [-0.3, -0.25) is 4.90 Å².